The fourth-order valence-corrected chi connectivity index (χ4v) is 5.64. The first-order valence-corrected chi connectivity index (χ1v) is 13.6. The fraction of sp³-hybridized carbons (Fsp3) is 0.355. The number of carbonyl (C=O) groups is 1. The van der Waals surface area contributed by atoms with Crippen molar-refractivity contribution >= 4 is 16.8 Å². The summed E-state index contributed by atoms with van der Waals surface area (Å²) in [7, 11) is 1.60. The number of hydrogen-bond acceptors (Lipinski definition) is 8. The van der Waals surface area contributed by atoms with Gasteiger partial charge in [-0.15, -0.1) is 0 Å². The Bertz CT molecular complexity index is 1510. The SMILES string of the molecule is COc1ccc(C2CC(=O)c3c(O)cc(OCCCN4CCC(c5noc6cc(F)ccc56)CC4)cc3O2)cc1. The second-order valence-corrected chi connectivity index (χ2v) is 10.3. The highest BCUT2D eigenvalue weighted by atomic mass is 19.1. The minimum absolute atomic E-state index is 0.129. The molecule has 1 N–H and O–H groups in total. The molecule has 1 fully saturated rings. The molecule has 6 rings (SSSR count). The molecule has 1 saturated heterocycles. The number of halogens is 1. The van der Waals surface area contributed by atoms with Crippen molar-refractivity contribution < 1.29 is 33.0 Å². The first-order valence-electron chi connectivity index (χ1n) is 13.6. The maximum absolute atomic E-state index is 13.5. The number of aromatic nitrogens is 1. The molecule has 1 aromatic heterocycles. The molecule has 2 aliphatic rings. The Morgan fingerprint density at radius 2 is 1.88 bits per heavy atom. The summed E-state index contributed by atoms with van der Waals surface area (Å²) >= 11 is 0. The zero-order valence-electron chi connectivity index (χ0n) is 22.3. The topological polar surface area (TPSA) is 94.3 Å². The zero-order chi connectivity index (χ0) is 27.6. The Labute approximate surface area is 231 Å². The largest absolute Gasteiger partial charge is 0.507 e. The van der Waals surface area contributed by atoms with Crippen LogP contribution in [0.25, 0.3) is 11.0 Å². The van der Waals surface area contributed by atoms with Crippen LogP contribution in [0.1, 0.15) is 59.3 Å². The number of piperidine rings is 1. The molecular weight excluding hydrogens is 515 g/mol. The van der Waals surface area contributed by atoms with E-state index in [0.717, 1.165) is 61.3 Å². The van der Waals surface area contributed by atoms with Gasteiger partial charge in [0.1, 0.15) is 40.5 Å². The van der Waals surface area contributed by atoms with E-state index in [1.807, 2.05) is 24.3 Å². The number of hydrogen-bond donors (Lipinski definition) is 1. The van der Waals surface area contributed by atoms with Gasteiger partial charge < -0.3 is 28.7 Å². The Morgan fingerprint density at radius 3 is 2.65 bits per heavy atom. The van der Waals surface area contributed by atoms with E-state index in [1.165, 1.54) is 18.2 Å². The van der Waals surface area contributed by atoms with Gasteiger partial charge in [0.15, 0.2) is 11.4 Å². The van der Waals surface area contributed by atoms with Crippen molar-refractivity contribution in [2.45, 2.75) is 37.7 Å². The fourth-order valence-electron chi connectivity index (χ4n) is 5.64. The highest BCUT2D eigenvalue weighted by molar-refractivity contribution is 6.02. The molecule has 0 spiro atoms. The van der Waals surface area contributed by atoms with Gasteiger partial charge >= 0.3 is 0 Å². The van der Waals surface area contributed by atoms with Crippen molar-refractivity contribution in [2.75, 3.05) is 33.4 Å². The third-order valence-corrected chi connectivity index (χ3v) is 7.78. The molecule has 3 heterocycles. The van der Waals surface area contributed by atoms with E-state index in [4.69, 9.17) is 18.7 Å². The Morgan fingerprint density at radius 1 is 1.07 bits per heavy atom. The average molecular weight is 547 g/mol. The molecule has 9 heteroatoms. The number of fused-ring (bicyclic) bond motifs is 2. The molecule has 0 bridgehead atoms. The van der Waals surface area contributed by atoms with Crippen molar-refractivity contribution in [3.8, 4) is 23.0 Å². The van der Waals surface area contributed by atoms with Crippen molar-refractivity contribution in [1.29, 1.82) is 0 Å². The minimum Gasteiger partial charge on any atom is -0.507 e. The van der Waals surface area contributed by atoms with E-state index < -0.39 is 6.10 Å². The lowest BCUT2D eigenvalue weighted by Gasteiger charge is -2.31. The second kappa shape index (κ2) is 11.2. The van der Waals surface area contributed by atoms with E-state index in [0.29, 0.717) is 29.6 Å². The molecule has 0 amide bonds. The van der Waals surface area contributed by atoms with Crippen LogP contribution in [0.2, 0.25) is 0 Å². The molecule has 2 aliphatic heterocycles. The van der Waals surface area contributed by atoms with Crippen molar-refractivity contribution in [3.63, 3.8) is 0 Å². The summed E-state index contributed by atoms with van der Waals surface area (Å²) in [5, 5.41) is 15.7. The van der Waals surface area contributed by atoms with Gasteiger partial charge in [0.2, 0.25) is 0 Å². The second-order valence-electron chi connectivity index (χ2n) is 10.3. The van der Waals surface area contributed by atoms with Gasteiger partial charge in [-0.25, -0.2) is 4.39 Å². The van der Waals surface area contributed by atoms with Crippen LogP contribution >= 0.6 is 0 Å². The number of nitrogens with zero attached hydrogens (tertiary/aromatic N) is 2. The summed E-state index contributed by atoms with van der Waals surface area (Å²) in [5.74, 6) is 1.20. The molecule has 0 radical (unpaired) electrons. The van der Waals surface area contributed by atoms with E-state index in [1.54, 1.807) is 19.2 Å². The summed E-state index contributed by atoms with van der Waals surface area (Å²) in [6, 6.07) is 15.2. The molecule has 8 nitrogen and oxygen atoms in total. The first-order chi connectivity index (χ1) is 19.5. The molecule has 3 aromatic carbocycles. The number of phenols is 1. The maximum Gasteiger partial charge on any atom is 0.174 e. The van der Waals surface area contributed by atoms with E-state index >= 15 is 0 Å². The number of carbonyl (C=O) groups excluding carboxylic acids is 1. The smallest absolute Gasteiger partial charge is 0.174 e. The van der Waals surface area contributed by atoms with Gasteiger partial charge in [-0.3, -0.25) is 4.79 Å². The highest BCUT2D eigenvalue weighted by Crippen LogP contribution is 2.42. The number of Topliss-reactive ketones (excluding diaryl/α,β-unsaturated/α-hetero) is 1. The number of benzene rings is 3. The monoisotopic (exact) mass is 546 g/mol. The van der Waals surface area contributed by atoms with Crippen LogP contribution in [-0.2, 0) is 0 Å². The summed E-state index contributed by atoms with van der Waals surface area (Å²) < 4.78 is 36.1. The van der Waals surface area contributed by atoms with Crippen molar-refractivity contribution in [3.05, 3.63) is 77.2 Å². The predicted molar refractivity (Wildman–Crippen MR) is 146 cm³/mol. The van der Waals surface area contributed by atoms with Crippen LogP contribution < -0.4 is 14.2 Å². The Hall–Kier alpha value is -4.11. The van der Waals surface area contributed by atoms with Crippen molar-refractivity contribution in [1.82, 2.24) is 10.1 Å². The normalized spacial score (nSPS) is 17.9. The number of likely N-dealkylation sites (tertiary alicyclic amines) is 1. The number of phenolic OH excluding ortho intramolecular Hbond substituents is 1. The van der Waals surface area contributed by atoms with Gasteiger partial charge in [0.25, 0.3) is 0 Å². The van der Waals surface area contributed by atoms with E-state index in [2.05, 4.69) is 10.1 Å². The van der Waals surface area contributed by atoms with Crippen LogP contribution in [0.15, 0.2) is 59.1 Å². The lowest BCUT2D eigenvalue weighted by atomic mass is 9.91. The predicted octanol–water partition coefficient (Wildman–Crippen LogP) is 6.04. The first kappa shape index (κ1) is 26.1. The van der Waals surface area contributed by atoms with Crippen LogP contribution in [0, 0.1) is 5.82 Å². The minimum atomic E-state index is -0.445. The Balaban J connectivity index is 1.01. The number of methoxy groups -OCH3 is 1. The van der Waals surface area contributed by atoms with Gasteiger partial charge in [0.05, 0.1) is 25.8 Å². The third kappa shape index (κ3) is 5.34. The number of aromatic hydroxyl groups is 1. The molecule has 0 saturated carbocycles. The lowest BCUT2D eigenvalue weighted by molar-refractivity contribution is 0.0844. The third-order valence-electron chi connectivity index (χ3n) is 7.78. The van der Waals surface area contributed by atoms with Crippen LogP contribution in [0.3, 0.4) is 0 Å². The molecule has 40 heavy (non-hydrogen) atoms. The quantitative estimate of drug-likeness (QED) is 0.268. The lowest BCUT2D eigenvalue weighted by Crippen LogP contribution is -2.34. The molecule has 0 aliphatic carbocycles. The van der Waals surface area contributed by atoms with Gasteiger partial charge in [-0.05, 0) is 62.2 Å². The van der Waals surface area contributed by atoms with Crippen LogP contribution in [0.4, 0.5) is 4.39 Å². The molecule has 208 valence electrons. The maximum atomic E-state index is 13.5. The summed E-state index contributed by atoms with van der Waals surface area (Å²) in [4.78, 5) is 15.2. The Kier molecular flexibility index (Phi) is 7.30. The van der Waals surface area contributed by atoms with Gasteiger partial charge in [0, 0.05) is 36.0 Å². The standard InChI is InChI=1S/C31H31FN2O6/c1-37-22-6-3-19(4-7-22)27-18-26(36)30-25(35)16-23(17-29(30)39-27)38-14-2-11-34-12-9-20(10-13-34)31-24-8-5-21(32)15-28(24)40-33-31/h3-8,15-17,20,27,35H,2,9-14,18H2,1H3. The van der Waals surface area contributed by atoms with E-state index in [9.17, 15) is 14.3 Å². The highest BCUT2D eigenvalue weighted by Gasteiger charge is 2.31. The van der Waals surface area contributed by atoms with Crippen molar-refractivity contribution in [2.24, 2.45) is 0 Å². The summed E-state index contributed by atoms with van der Waals surface area (Å²) in [6.45, 7) is 3.21. The molecule has 4 aromatic rings. The van der Waals surface area contributed by atoms with Gasteiger partial charge in [-0.1, -0.05) is 17.3 Å². The molecule has 1 atom stereocenters. The average Bonchev–Trinajstić information content (AvgIpc) is 3.38. The summed E-state index contributed by atoms with van der Waals surface area (Å²) in [6.07, 6.45) is 2.43. The zero-order valence-corrected chi connectivity index (χ0v) is 22.3. The number of ketones is 1. The van der Waals surface area contributed by atoms with Crippen LogP contribution in [0.5, 0.6) is 23.0 Å². The number of ether oxygens (including phenoxy) is 3. The molecule has 1 unspecified atom stereocenters. The summed E-state index contributed by atoms with van der Waals surface area (Å²) in [5.41, 5.74) is 2.47. The molecular formula is C31H31FN2O6. The number of rotatable bonds is 8. The van der Waals surface area contributed by atoms with Gasteiger partial charge in [-0.2, -0.15) is 0 Å². The van der Waals surface area contributed by atoms with E-state index in [-0.39, 0.29) is 29.3 Å². The van der Waals surface area contributed by atoms with Crippen LogP contribution in [-0.4, -0.2) is 54.3 Å².